The van der Waals surface area contributed by atoms with Crippen LogP contribution >= 0.6 is 0 Å². The molecular weight excluding hydrogens is 320 g/mol. The maximum atomic E-state index is 12.6. The van der Waals surface area contributed by atoms with Crippen molar-refractivity contribution in [3.63, 3.8) is 0 Å². The van der Waals surface area contributed by atoms with E-state index in [-0.39, 0.29) is 24.0 Å². The van der Waals surface area contributed by atoms with Crippen molar-refractivity contribution < 1.29 is 19.1 Å². The number of para-hydroxylation sites is 1. The van der Waals surface area contributed by atoms with E-state index in [2.05, 4.69) is 5.32 Å². The van der Waals surface area contributed by atoms with Crippen molar-refractivity contribution in [1.82, 2.24) is 10.2 Å². The van der Waals surface area contributed by atoms with Gasteiger partial charge in [0.2, 0.25) is 11.8 Å². The van der Waals surface area contributed by atoms with Crippen molar-refractivity contribution >= 4 is 11.8 Å². The number of hydrogen-bond acceptors (Lipinski definition) is 4. The van der Waals surface area contributed by atoms with Crippen LogP contribution in [0, 0.1) is 0 Å². The Hall–Kier alpha value is -2.08. The molecule has 2 unspecified atom stereocenters. The molecule has 2 aliphatic rings. The number of rotatable bonds is 5. The molecule has 0 radical (unpaired) electrons. The van der Waals surface area contributed by atoms with Crippen LogP contribution in [0.25, 0.3) is 0 Å². The van der Waals surface area contributed by atoms with E-state index in [1.165, 1.54) is 0 Å². The summed E-state index contributed by atoms with van der Waals surface area (Å²) >= 11 is 0. The Labute approximate surface area is 148 Å². The molecule has 6 nitrogen and oxygen atoms in total. The van der Waals surface area contributed by atoms with Crippen LogP contribution in [0.15, 0.2) is 30.3 Å². The summed E-state index contributed by atoms with van der Waals surface area (Å²) in [5.74, 6) is 0.892. The molecule has 2 atom stereocenters. The van der Waals surface area contributed by atoms with Gasteiger partial charge in [0.1, 0.15) is 18.5 Å². The minimum absolute atomic E-state index is 0.0363. The lowest BCUT2D eigenvalue weighted by Gasteiger charge is -2.43. The minimum atomic E-state index is -0.419. The molecule has 0 aromatic heterocycles. The Bertz CT molecular complexity index is 617. The van der Waals surface area contributed by atoms with Gasteiger partial charge in [-0.2, -0.15) is 0 Å². The van der Waals surface area contributed by atoms with Gasteiger partial charge >= 0.3 is 0 Å². The molecule has 0 saturated carbocycles. The second kappa shape index (κ2) is 7.44. The Kier molecular flexibility index (Phi) is 5.27. The molecule has 136 valence electrons. The van der Waals surface area contributed by atoms with Crippen LogP contribution in [0.2, 0.25) is 0 Å². The lowest BCUT2D eigenvalue weighted by Crippen LogP contribution is -2.56. The van der Waals surface area contributed by atoms with Gasteiger partial charge in [0, 0.05) is 25.4 Å². The summed E-state index contributed by atoms with van der Waals surface area (Å²) in [6.45, 7) is 5.43. The standard InChI is InChI=1S/C19H26N2O4/c1-19(2)13-21(18(23)10-14-8-9-17(22)20-14)11-16(25-19)12-24-15-6-4-3-5-7-15/h3-7,14,16H,8-13H2,1-2H3,(H,20,22). The molecule has 0 bridgehead atoms. The predicted molar refractivity (Wildman–Crippen MR) is 93.3 cm³/mol. The maximum Gasteiger partial charge on any atom is 0.224 e. The van der Waals surface area contributed by atoms with E-state index < -0.39 is 5.60 Å². The van der Waals surface area contributed by atoms with E-state index in [4.69, 9.17) is 9.47 Å². The van der Waals surface area contributed by atoms with Gasteiger partial charge in [-0.05, 0) is 32.4 Å². The van der Waals surface area contributed by atoms with Gasteiger partial charge in [0.25, 0.3) is 0 Å². The number of carbonyl (C=O) groups is 2. The average Bonchev–Trinajstić information content (AvgIpc) is 2.97. The summed E-state index contributed by atoms with van der Waals surface area (Å²) in [6.07, 6.45) is 1.43. The van der Waals surface area contributed by atoms with Crippen LogP contribution in [-0.4, -0.2) is 54.2 Å². The zero-order valence-electron chi connectivity index (χ0n) is 14.9. The molecule has 2 fully saturated rings. The molecule has 25 heavy (non-hydrogen) atoms. The number of carbonyl (C=O) groups excluding carboxylic acids is 2. The fourth-order valence-corrected chi connectivity index (χ4v) is 3.45. The Morgan fingerprint density at radius 1 is 1.36 bits per heavy atom. The lowest BCUT2D eigenvalue weighted by molar-refractivity contribution is -0.165. The monoisotopic (exact) mass is 346 g/mol. The third-order valence-electron chi connectivity index (χ3n) is 4.52. The van der Waals surface area contributed by atoms with Crippen molar-refractivity contribution in [2.45, 2.75) is 50.9 Å². The molecule has 2 heterocycles. The molecule has 0 aliphatic carbocycles. The summed E-state index contributed by atoms with van der Waals surface area (Å²) in [7, 11) is 0. The fraction of sp³-hybridized carbons (Fsp3) is 0.579. The zero-order valence-corrected chi connectivity index (χ0v) is 14.9. The van der Waals surface area contributed by atoms with Crippen LogP contribution in [0.4, 0.5) is 0 Å². The number of amides is 2. The first-order valence-corrected chi connectivity index (χ1v) is 8.84. The topological polar surface area (TPSA) is 67.9 Å². The molecule has 0 spiro atoms. The SMILES string of the molecule is CC1(C)CN(C(=O)CC2CCC(=O)N2)CC(COc2ccccc2)O1. The van der Waals surface area contributed by atoms with Gasteiger partial charge in [-0.25, -0.2) is 0 Å². The second-order valence-electron chi connectivity index (χ2n) is 7.41. The Balaban J connectivity index is 1.56. The van der Waals surface area contributed by atoms with Gasteiger partial charge in [0.05, 0.1) is 12.1 Å². The van der Waals surface area contributed by atoms with Gasteiger partial charge in [-0.3, -0.25) is 9.59 Å². The zero-order chi connectivity index (χ0) is 17.9. The van der Waals surface area contributed by atoms with Crippen molar-refractivity contribution in [2.24, 2.45) is 0 Å². The van der Waals surface area contributed by atoms with Crippen LogP contribution in [-0.2, 0) is 14.3 Å². The molecular formula is C19H26N2O4. The highest BCUT2D eigenvalue weighted by Gasteiger charge is 2.37. The summed E-state index contributed by atoms with van der Waals surface area (Å²) in [6, 6.07) is 9.55. The van der Waals surface area contributed by atoms with Crippen molar-refractivity contribution in [3.05, 3.63) is 30.3 Å². The summed E-state index contributed by atoms with van der Waals surface area (Å²) in [5, 5.41) is 2.86. The number of hydrogen-bond donors (Lipinski definition) is 1. The third-order valence-corrected chi connectivity index (χ3v) is 4.52. The van der Waals surface area contributed by atoms with Crippen molar-refractivity contribution in [3.8, 4) is 5.75 Å². The fourth-order valence-electron chi connectivity index (χ4n) is 3.45. The first-order valence-electron chi connectivity index (χ1n) is 8.84. The molecule has 3 rings (SSSR count). The van der Waals surface area contributed by atoms with Crippen LogP contribution in [0.3, 0.4) is 0 Å². The largest absolute Gasteiger partial charge is 0.491 e. The molecule has 1 aromatic rings. The number of morpholine rings is 1. The van der Waals surface area contributed by atoms with Crippen molar-refractivity contribution in [2.75, 3.05) is 19.7 Å². The van der Waals surface area contributed by atoms with E-state index in [0.29, 0.717) is 32.5 Å². The third kappa shape index (κ3) is 4.95. The van der Waals surface area contributed by atoms with Gasteiger partial charge in [-0.1, -0.05) is 18.2 Å². The van der Waals surface area contributed by atoms with Crippen LogP contribution in [0.1, 0.15) is 33.1 Å². The van der Waals surface area contributed by atoms with Crippen molar-refractivity contribution in [1.29, 1.82) is 0 Å². The molecule has 2 amide bonds. The highest BCUT2D eigenvalue weighted by atomic mass is 16.5. The van der Waals surface area contributed by atoms with E-state index in [9.17, 15) is 9.59 Å². The summed E-state index contributed by atoms with van der Waals surface area (Å²) in [5.41, 5.74) is -0.419. The van der Waals surface area contributed by atoms with E-state index in [1.54, 1.807) is 0 Å². The highest BCUT2D eigenvalue weighted by molar-refractivity contribution is 5.82. The van der Waals surface area contributed by atoms with Gasteiger partial charge in [0.15, 0.2) is 0 Å². The average molecular weight is 346 g/mol. The molecule has 2 aliphatic heterocycles. The molecule has 6 heteroatoms. The highest BCUT2D eigenvalue weighted by Crippen LogP contribution is 2.23. The summed E-state index contributed by atoms with van der Waals surface area (Å²) in [4.78, 5) is 25.8. The second-order valence-corrected chi connectivity index (χ2v) is 7.41. The normalized spacial score (nSPS) is 25.5. The number of nitrogens with zero attached hydrogens (tertiary/aromatic N) is 1. The number of ether oxygens (including phenoxy) is 2. The molecule has 1 N–H and O–H groups in total. The van der Waals surface area contributed by atoms with E-state index >= 15 is 0 Å². The number of benzene rings is 1. The Morgan fingerprint density at radius 3 is 2.80 bits per heavy atom. The number of nitrogens with one attached hydrogen (secondary N) is 1. The molecule has 2 saturated heterocycles. The van der Waals surface area contributed by atoms with Gasteiger partial charge < -0.3 is 19.7 Å². The van der Waals surface area contributed by atoms with E-state index in [1.807, 2.05) is 49.1 Å². The van der Waals surface area contributed by atoms with Gasteiger partial charge in [-0.15, -0.1) is 0 Å². The maximum absolute atomic E-state index is 12.6. The minimum Gasteiger partial charge on any atom is -0.491 e. The summed E-state index contributed by atoms with van der Waals surface area (Å²) < 4.78 is 11.9. The lowest BCUT2D eigenvalue weighted by atomic mass is 10.0. The predicted octanol–water partition coefficient (Wildman–Crippen LogP) is 1.74. The first-order chi connectivity index (χ1) is 11.9. The first kappa shape index (κ1) is 17.7. The van der Waals surface area contributed by atoms with Crippen LogP contribution < -0.4 is 10.1 Å². The van der Waals surface area contributed by atoms with Crippen LogP contribution in [0.5, 0.6) is 5.75 Å². The van der Waals surface area contributed by atoms with E-state index in [0.717, 1.165) is 12.2 Å². The quantitative estimate of drug-likeness (QED) is 0.882. The molecule has 1 aromatic carbocycles. The smallest absolute Gasteiger partial charge is 0.224 e. The Morgan fingerprint density at radius 2 is 2.12 bits per heavy atom.